The van der Waals surface area contributed by atoms with Crippen LogP contribution < -0.4 is 5.73 Å². The lowest BCUT2D eigenvalue weighted by Crippen LogP contribution is -1.92. The molecule has 0 atom stereocenters. The Morgan fingerprint density at radius 3 is 3.00 bits per heavy atom. The highest BCUT2D eigenvalue weighted by molar-refractivity contribution is 7.14. The number of aliphatic hydroxyl groups excluding tert-OH is 1. The van der Waals surface area contributed by atoms with Crippen LogP contribution in [0.1, 0.15) is 11.4 Å². The summed E-state index contributed by atoms with van der Waals surface area (Å²) in [6.07, 6.45) is 0.397. The van der Waals surface area contributed by atoms with Crippen LogP contribution in [-0.4, -0.2) is 21.9 Å². The SMILES string of the molecule is Cc1csc(-c2nc(CCO)no2)c1N. The fourth-order valence-electron chi connectivity index (χ4n) is 1.17. The molecule has 2 aromatic heterocycles. The number of rotatable bonds is 3. The summed E-state index contributed by atoms with van der Waals surface area (Å²) in [4.78, 5) is 4.93. The minimum Gasteiger partial charge on any atom is -0.397 e. The van der Waals surface area contributed by atoms with Crippen molar-refractivity contribution in [3.05, 3.63) is 16.8 Å². The van der Waals surface area contributed by atoms with Gasteiger partial charge in [-0.15, -0.1) is 11.3 Å². The van der Waals surface area contributed by atoms with E-state index in [9.17, 15) is 0 Å². The zero-order valence-electron chi connectivity index (χ0n) is 8.23. The number of aromatic nitrogens is 2. The molecule has 0 spiro atoms. The maximum atomic E-state index is 8.71. The number of nitrogens with two attached hydrogens (primary N) is 1. The fourth-order valence-corrected chi connectivity index (χ4v) is 2.06. The molecule has 0 amide bonds. The van der Waals surface area contributed by atoms with Gasteiger partial charge in [-0.25, -0.2) is 0 Å². The summed E-state index contributed by atoms with van der Waals surface area (Å²) in [5, 5.41) is 14.4. The highest BCUT2D eigenvalue weighted by Gasteiger charge is 2.14. The van der Waals surface area contributed by atoms with Gasteiger partial charge in [-0.05, 0) is 17.9 Å². The number of nitrogens with zero attached hydrogens (tertiary/aromatic N) is 2. The van der Waals surface area contributed by atoms with Gasteiger partial charge in [0.1, 0.15) is 4.88 Å². The van der Waals surface area contributed by atoms with Gasteiger partial charge in [0.05, 0.1) is 12.3 Å². The summed E-state index contributed by atoms with van der Waals surface area (Å²) >= 11 is 1.48. The van der Waals surface area contributed by atoms with Gasteiger partial charge in [-0.1, -0.05) is 5.16 Å². The Hall–Kier alpha value is -1.40. The average Bonchev–Trinajstić information content (AvgIpc) is 2.77. The minimum absolute atomic E-state index is 0.0118. The quantitative estimate of drug-likeness (QED) is 0.820. The van der Waals surface area contributed by atoms with Crippen LogP contribution in [0.25, 0.3) is 10.8 Å². The Labute approximate surface area is 90.5 Å². The van der Waals surface area contributed by atoms with Crippen molar-refractivity contribution in [2.75, 3.05) is 12.3 Å². The molecule has 80 valence electrons. The first kappa shape index (κ1) is 10.1. The molecule has 5 nitrogen and oxygen atoms in total. The average molecular weight is 225 g/mol. The topological polar surface area (TPSA) is 85.2 Å². The summed E-state index contributed by atoms with van der Waals surface area (Å²) in [5.41, 5.74) is 7.54. The number of nitrogen functional groups attached to an aromatic ring is 1. The molecule has 0 radical (unpaired) electrons. The first-order chi connectivity index (χ1) is 7.22. The molecule has 0 bridgehead atoms. The predicted octanol–water partition coefficient (Wildman–Crippen LogP) is 1.22. The van der Waals surface area contributed by atoms with Gasteiger partial charge in [0.2, 0.25) is 0 Å². The third-order valence-electron chi connectivity index (χ3n) is 2.02. The van der Waals surface area contributed by atoms with E-state index in [2.05, 4.69) is 10.1 Å². The lowest BCUT2D eigenvalue weighted by atomic mass is 10.3. The fraction of sp³-hybridized carbons (Fsp3) is 0.333. The molecule has 3 N–H and O–H groups in total. The van der Waals surface area contributed by atoms with Crippen LogP contribution in [-0.2, 0) is 6.42 Å². The maximum Gasteiger partial charge on any atom is 0.270 e. The van der Waals surface area contributed by atoms with Crippen molar-refractivity contribution in [1.29, 1.82) is 0 Å². The molecule has 0 aliphatic rings. The molecule has 0 aromatic carbocycles. The van der Waals surface area contributed by atoms with E-state index in [1.54, 1.807) is 0 Å². The van der Waals surface area contributed by atoms with Crippen LogP contribution >= 0.6 is 11.3 Å². The summed E-state index contributed by atoms with van der Waals surface area (Å²) in [6.45, 7) is 1.94. The molecule has 0 unspecified atom stereocenters. The van der Waals surface area contributed by atoms with Crippen LogP contribution in [0.15, 0.2) is 9.90 Å². The van der Waals surface area contributed by atoms with E-state index in [-0.39, 0.29) is 6.61 Å². The smallest absolute Gasteiger partial charge is 0.270 e. The summed E-state index contributed by atoms with van der Waals surface area (Å²) in [5.74, 6) is 0.923. The van der Waals surface area contributed by atoms with Gasteiger partial charge < -0.3 is 15.4 Å². The van der Waals surface area contributed by atoms with Crippen LogP contribution in [0.2, 0.25) is 0 Å². The van der Waals surface area contributed by atoms with Crippen molar-refractivity contribution < 1.29 is 9.63 Å². The van der Waals surface area contributed by atoms with Crippen molar-refractivity contribution in [3.63, 3.8) is 0 Å². The highest BCUT2D eigenvalue weighted by atomic mass is 32.1. The molecule has 2 heterocycles. The second kappa shape index (κ2) is 4.00. The second-order valence-electron chi connectivity index (χ2n) is 3.15. The van der Waals surface area contributed by atoms with Crippen molar-refractivity contribution in [2.24, 2.45) is 0 Å². The molecular formula is C9H11N3O2S. The Balaban J connectivity index is 2.33. The van der Waals surface area contributed by atoms with E-state index >= 15 is 0 Å². The Morgan fingerprint density at radius 1 is 1.60 bits per heavy atom. The minimum atomic E-state index is 0.0118. The molecule has 15 heavy (non-hydrogen) atoms. The van der Waals surface area contributed by atoms with Gasteiger partial charge in [0, 0.05) is 6.42 Å². The van der Waals surface area contributed by atoms with Crippen molar-refractivity contribution in [3.8, 4) is 10.8 Å². The van der Waals surface area contributed by atoms with Gasteiger partial charge in [-0.3, -0.25) is 0 Å². The Kier molecular flexibility index (Phi) is 2.70. The molecular weight excluding hydrogens is 214 g/mol. The molecule has 0 saturated carbocycles. The second-order valence-corrected chi connectivity index (χ2v) is 4.03. The van der Waals surface area contributed by atoms with Gasteiger partial charge in [-0.2, -0.15) is 4.98 Å². The number of aryl methyl sites for hydroxylation is 1. The van der Waals surface area contributed by atoms with Crippen molar-refractivity contribution >= 4 is 17.0 Å². The largest absolute Gasteiger partial charge is 0.397 e. The third kappa shape index (κ3) is 1.86. The van der Waals surface area contributed by atoms with Gasteiger partial charge >= 0.3 is 0 Å². The maximum absolute atomic E-state index is 8.71. The van der Waals surface area contributed by atoms with E-state index in [1.165, 1.54) is 11.3 Å². The Bertz CT molecular complexity index is 464. The van der Waals surface area contributed by atoms with Gasteiger partial charge in [0.15, 0.2) is 5.82 Å². The summed E-state index contributed by atoms with van der Waals surface area (Å²) in [7, 11) is 0. The molecule has 0 saturated heterocycles. The number of hydrogen-bond acceptors (Lipinski definition) is 6. The Morgan fingerprint density at radius 2 is 2.40 bits per heavy atom. The molecule has 2 rings (SSSR count). The van der Waals surface area contributed by atoms with E-state index < -0.39 is 0 Å². The number of anilines is 1. The zero-order chi connectivity index (χ0) is 10.8. The number of thiophene rings is 1. The van der Waals surface area contributed by atoms with Crippen LogP contribution in [0.5, 0.6) is 0 Å². The van der Waals surface area contributed by atoms with E-state index in [0.717, 1.165) is 10.4 Å². The van der Waals surface area contributed by atoms with E-state index in [4.69, 9.17) is 15.4 Å². The normalized spacial score (nSPS) is 10.8. The number of hydrogen-bond donors (Lipinski definition) is 2. The first-order valence-corrected chi connectivity index (χ1v) is 5.37. The lowest BCUT2D eigenvalue weighted by molar-refractivity contribution is 0.293. The van der Waals surface area contributed by atoms with E-state index in [0.29, 0.717) is 23.8 Å². The summed E-state index contributed by atoms with van der Waals surface area (Å²) in [6, 6.07) is 0. The third-order valence-corrected chi connectivity index (χ3v) is 3.12. The lowest BCUT2D eigenvalue weighted by Gasteiger charge is -1.91. The molecule has 2 aromatic rings. The van der Waals surface area contributed by atoms with E-state index in [1.807, 2.05) is 12.3 Å². The zero-order valence-corrected chi connectivity index (χ0v) is 9.04. The monoisotopic (exact) mass is 225 g/mol. The first-order valence-electron chi connectivity index (χ1n) is 4.49. The predicted molar refractivity (Wildman–Crippen MR) is 57.6 cm³/mol. The van der Waals surface area contributed by atoms with Crippen LogP contribution in [0.4, 0.5) is 5.69 Å². The summed E-state index contributed by atoms with van der Waals surface area (Å²) < 4.78 is 5.06. The molecule has 0 aliphatic heterocycles. The van der Waals surface area contributed by atoms with Crippen LogP contribution in [0, 0.1) is 6.92 Å². The molecule has 0 aliphatic carbocycles. The highest BCUT2D eigenvalue weighted by Crippen LogP contribution is 2.33. The molecule has 0 fully saturated rings. The van der Waals surface area contributed by atoms with Crippen molar-refractivity contribution in [1.82, 2.24) is 10.1 Å². The van der Waals surface area contributed by atoms with Crippen molar-refractivity contribution in [2.45, 2.75) is 13.3 Å². The number of aliphatic hydroxyl groups is 1. The standard InChI is InChI=1S/C9H11N3O2S/c1-5-4-15-8(7(5)10)9-11-6(2-3-13)12-14-9/h4,13H,2-3,10H2,1H3. The molecule has 6 heteroatoms. The van der Waals surface area contributed by atoms with Gasteiger partial charge in [0.25, 0.3) is 5.89 Å². The van der Waals surface area contributed by atoms with Crippen LogP contribution in [0.3, 0.4) is 0 Å².